The number of carboxylic acid groups (broad SMARTS) is 1. The molecule has 1 aliphatic rings. The predicted molar refractivity (Wildman–Crippen MR) is 100.0 cm³/mol. The largest absolute Gasteiger partial charge is 0.481 e. The highest BCUT2D eigenvalue weighted by molar-refractivity contribution is 7.98. The number of rotatable bonds is 7. The summed E-state index contributed by atoms with van der Waals surface area (Å²) in [6.45, 7) is 0. The molecule has 0 bridgehead atoms. The van der Waals surface area contributed by atoms with Gasteiger partial charge in [-0.3, -0.25) is 14.0 Å². The van der Waals surface area contributed by atoms with Crippen molar-refractivity contribution in [2.45, 2.75) is 38.1 Å². The Morgan fingerprint density at radius 2 is 2.00 bits per heavy atom. The molecule has 2 aromatic heterocycles. The van der Waals surface area contributed by atoms with Gasteiger partial charge in [0.15, 0.2) is 11.5 Å². The number of thioether (sulfide) groups is 1. The molecule has 1 fully saturated rings. The van der Waals surface area contributed by atoms with Gasteiger partial charge in [-0.15, -0.1) is 10.2 Å². The van der Waals surface area contributed by atoms with Gasteiger partial charge in [-0.2, -0.15) is 11.8 Å². The average molecular weight is 376 g/mol. The van der Waals surface area contributed by atoms with Crippen molar-refractivity contribution in [3.63, 3.8) is 0 Å². The fourth-order valence-corrected chi connectivity index (χ4v) is 3.96. The van der Waals surface area contributed by atoms with Crippen LogP contribution in [0.2, 0.25) is 0 Å². The highest BCUT2D eigenvalue weighted by atomic mass is 32.2. The summed E-state index contributed by atoms with van der Waals surface area (Å²) in [5.41, 5.74) is 0.757. The van der Waals surface area contributed by atoms with Crippen LogP contribution in [0.15, 0.2) is 24.4 Å². The number of hydrogen-bond acceptors (Lipinski definition) is 5. The number of carbonyl (C=O) groups excluding carboxylic acids is 1. The van der Waals surface area contributed by atoms with E-state index in [-0.39, 0.29) is 23.8 Å². The van der Waals surface area contributed by atoms with E-state index in [1.807, 2.05) is 35.1 Å². The van der Waals surface area contributed by atoms with Crippen LogP contribution < -0.4 is 5.32 Å². The van der Waals surface area contributed by atoms with Gasteiger partial charge < -0.3 is 10.4 Å². The maximum atomic E-state index is 12.8. The standard InChI is InChI=1S/C18H24N4O3S/c1-26-11-9-14(16-21-20-15-4-2-3-10-22(15)16)19-17(23)12-5-7-13(8-6-12)18(24)25/h2-4,10,12-14H,5-9,11H2,1H3,(H,19,23)(H,24,25). The first-order chi connectivity index (χ1) is 12.6. The molecule has 0 aliphatic heterocycles. The minimum Gasteiger partial charge on any atom is -0.481 e. The Balaban J connectivity index is 1.70. The van der Waals surface area contributed by atoms with E-state index in [4.69, 9.17) is 5.11 Å². The van der Waals surface area contributed by atoms with E-state index >= 15 is 0 Å². The molecule has 1 amide bonds. The summed E-state index contributed by atoms with van der Waals surface area (Å²) in [4.78, 5) is 23.8. The number of carboxylic acids is 1. The van der Waals surface area contributed by atoms with Gasteiger partial charge in [0.1, 0.15) is 0 Å². The van der Waals surface area contributed by atoms with Crippen molar-refractivity contribution in [3.8, 4) is 0 Å². The number of fused-ring (bicyclic) bond motifs is 1. The second-order valence-corrected chi connectivity index (χ2v) is 7.70. The smallest absolute Gasteiger partial charge is 0.306 e. The molecule has 8 heteroatoms. The molecule has 1 saturated carbocycles. The van der Waals surface area contributed by atoms with Gasteiger partial charge in [0.05, 0.1) is 12.0 Å². The minimum atomic E-state index is -0.753. The van der Waals surface area contributed by atoms with Gasteiger partial charge in [0, 0.05) is 12.1 Å². The SMILES string of the molecule is CSCCC(NC(=O)C1CCC(C(=O)O)CC1)c1nnc2ccccn12. The van der Waals surface area contributed by atoms with Crippen LogP contribution in [0.5, 0.6) is 0 Å². The average Bonchev–Trinajstić information content (AvgIpc) is 3.09. The van der Waals surface area contributed by atoms with E-state index in [9.17, 15) is 9.59 Å². The Morgan fingerprint density at radius 1 is 1.27 bits per heavy atom. The highest BCUT2D eigenvalue weighted by Crippen LogP contribution is 2.30. The summed E-state index contributed by atoms with van der Waals surface area (Å²) in [5.74, 6) is 0.443. The predicted octanol–water partition coefficient (Wildman–Crippen LogP) is 2.53. The van der Waals surface area contributed by atoms with E-state index in [1.165, 1.54) is 0 Å². The van der Waals surface area contributed by atoms with Crippen LogP contribution in [0.3, 0.4) is 0 Å². The molecular weight excluding hydrogens is 352 g/mol. The number of nitrogens with zero attached hydrogens (tertiary/aromatic N) is 3. The maximum Gasteiger partial charge on any atom is 0.306 e. The maximum absolute atomic E-state index is 12.8. The van der Waals surface area contributed by atoms with E-state index in [1.54, 1.807) is 11.8 Å². The van der Waals surface area contributed by atoms with Gasteiger partial charge in [0.2, 0.25) is 5.91 Å². The molecule has 140 valence electrons. The lowest BCUT2D eigenvalue weighted by molar-refractivity contribution is -0.144. The molecule has 7 nitrogen and oxygen atoms in total. The lowest BCUT2D eigenvalue weighted by Crippen LogP contribution is -2.37. The molecule has 1 unspecified atom stereocenters. The zero-order valence-corrected chi connectivity index (χ0v) is 15.6. The molecule has 2 heterocycles. The molecule has 1 atom stereocenters. The van der Waals surface area contributed by atoms with Gasteiger partial charge in [-0.05, 0) is 56.2 Å². The van der Waals surface area contributed by atoms with Crippen LogP contribution in [-0.2, 0) is 9.59 Å². The topological polar surface area (TPSA) is 96.6 Å². The van der Waals surface area contributed by atoms with Crippen molar-refractivity contribution >= 4 is 29.3 Å². The van der Waals surface area contributed by atoms with Crippen molar-refractivity contribution in [1.29, 1.82) is 0 Å². The van der Waals surface area contributed by atoms with Crippen molar-refractivity contribution in [1.82, 2.24) is 19.9 Å². The molecule has 3 rings (SSSR count). The lowest BCUT2D eigenvalue weighted by atomic mass is 9.81. The Kier molecular flexibility index (Phi) is 6.13. The third kappa shape index (κ3) is 4.17. The lowest BCUT2D eigenvalue weighted by Gasteiger charge is -2.27. The number of pyridine rings is 1. The number of hydrogen-bond donors (Lipinski definition) is 2. The second-order valence-electron chi connectivity index (χ2n) is 6.72. The van der Waals surface area contributed by atoms with Crippen LogP contribution in [0, 0.1) is 11.8 Å². The Labute approximate surface area is 156 Å². The van der Waals surface area contributed by atoms with E-state index < -0.39 is 5.97 Å². The molecule has 0 radical (unpaired) electrons. The fraction of sp³-hybridized carbons (Fsp3) is 0.556. The summed E-state index contributed by atoms with van der Waals surface area (Å²) in [5, 5.41) is 20.7. The monoisotopic (exact) mass is 376 g/mol. The molecule has 0 spiro atoms. The third-order valence-corrected chi connectivity index (χ3v) is 5.67. The second kappa shape index (κ2) is 8.53. The summed E-state index contributed by atoms with van der Waals surface area (Å²) in [7, 11) is 0. The van der Waals surface area contributed by atoms with Gasteiger partial charge in [-0.25, -0.2) is 0 Å². The molecule has 2 aromatic rings. The molecular formula is C18H24N4O3S. The first-order valence-corrected chi connectivity index (χ1v) is 10.3. The van der Waals surface area contributed by atoms with Crippen LogP contribution >= 0.6 is 11.8 Å². The summed E-state index contributed by atoms with van der Waals surface area (Å²) in [6.07, 6.45) is 7.09. The minimum absolute atomic E-state index is 0.00683. The molecule has 26 heavy (non-hydrogen) atoms. The van der Waals surface area contributed by atoms with Crippen LogP contribution in [-0.4, -0.2) is 43.6 Å². The number of aliphatic carboxylic acids is 1. The van der Waals surface area contributed by atoms with Crippen molar-refractivity contribution in [3.05, 3.63) is 30.2 Å². The summed E-state index contributed by atoms with van der Waals surface area (Å²) in [6, 6.07) is 5.51. The Bertz CT molecular complexity index is 771. The zero-order chi connectivity index (χ0) is 18.5. The van der Waals surface area contributed by atoms with Gasteiger partial charge >= 0.3 is 5.97 Å². The molecule has 1 aliphatic carbocycles. The highest BCUT2D eigenvalue weighted by Gasteiger charge is 2.31. The number of nitrogens with one attached hydrogen (secondary N) is 1. The number of carbonyl (C=O) groups is 2. The normalized spacial score (nSPS) is 21.4. The zero-order valence-electron chi connectivity index (χ0n) is 14.8. The fourth-order valence-electron chi connectivity index (χ4n) is 3.49. The van der Waals surface area contributed by atoms with Crippen LogP contribution in [0.1, 0.15) is 44.0 Å². The molecule has 0 saturated heterocycles. The van der Waals surface area contributed by atoms with E-state index in [0.29, 0.717) is 25.7 Å². The molecule has 2 N–H and O–H groups in total. The first kappa shape index (κ1) is 18.7. The Morgan fingerprint density at radius 3 is 2.69 bits per heavy atom. The van der Waals surface area contributed by atoms with E-state index in [0.717, 1.165) is 23.6 Å². The van der Waals surface area contributed by atoms with Crippen molar-refractivity contribution in [2.75, 3.05) is 12.0 Å². The summed E-state index contributed by atoms with van der Waals surface area (Å²) >= 11 is 1.72. The van der Waals surface area contributed by atoms with Crippen LogP contribution in [0.25, 0.3) is 5.65 Å². The van der Waals surface area contributed by atoms with Gasteiger partial charge in [0.25, 0.3) is 0 Å². The quantitative estimate of drug-likeness (QED) is 0.771. The number of amides is 1. The molecule has 0 aromatic carbocycles. The van der Waals surface area contributed by atoms with E-state index in [2.05, 4.69) is 15.5 Å². The first-order valence-electron chi connectivity index (χ1n) is 8.92. The van der Waals surface area contributed by atoms with Crippen molar-refractivity contribution in [2.24, 2.45) is 11.8 Å². The van der Waals surface area contributed by atoms with Gasteiger partial charge in [-0.1, -0.05) is 6.07 Å². The Hall–Kier alpha value is -2.09. The van der Waals surface area contributed by atoms with Crippen molar-refractivity contribution < 1.29 is 14.7 Å². The number of aromatic nitrogens is 3. The third-order valence-electron chi connectivity index (χ3n) is 5.03. The summed E-state index contributed by atoms with van der Waals surface area (Å²) < 4.78 is 1.91. The van der Waals surface area contributed by atoms with Crippen LogP contribution in [0.4, 0.5) is 0 Å².